The lowest BCUT2D eigenvalue weighted by Gasteiger charge is -2.26. The number of unbranched alkanes of at least 4 members (excludes halogenated alkanes) is 2. The highest BCUT2D eigenvalue weighted by atomic mass is 16.3. The molecule has 2 heteroatoms. The summed E-state index contributed by atoms with van der Waals surface area (Å²) >= 11 is 0. The molecule has 1 saturated carbocycles. The van der Waals surface area contributed by atoms with E-state index in [1.54, 1.807) is 0 Å². The van der Waals surface area contributed by atoms with Crippen LogP contribution in [0.3, 0.4) is 0 Å². The number of rotatable bonds is 6. The molecule has 3 unspecified atom stereocenters. The van der Waals surface area contributed by atoms with Crippen molar-refractivity contribution in [1.82, 2.24) is 0 Å². The Hall–Kier alpha value is -0.600. The molecule has 0 aromatic carbocycles. The zero-order valence-electron chi connectivity index (χ0n) is 12.3. The fourth-order valence-electron chi connectivity index (χ4n) is 3.59. The van der Waals surface area contributed by atoms with Gasteiger partial charge in [-0.25, -0.2) is 0 Å². The van der Waals surface area contributed by atoms with Crippen LogP contribution >= 0.6 is 0 Å². The van der Waals surface area contributed by atoms with Crippen LogP contribution in [0.25, 0.3) is 0 Å². The largest absolute Gasteiger partial charge is 0.393 e. The van der Waals surface area contributed by atoms with Crippen LogP contribution in [0.1, 0.15) is 58.8 Å². The summed E-state index contributed by atoms with van der Waals surface area (Å²) in [5.41, 5.74) is -0.702. The van der Waals surface area contributed by atoms with Crippen LogP contribution in [0.15, 0.2) is 24.3 Å². The van der Waals surface area contributed by atoms with E-state index >= 15 is 0 Å². The van der Waals surface area contributed by atoms with Crippen molar-refractivity contribution in [2.24, 2.45) is 11.3 Å². The molecule has 2 rings (SSSR count). The van der Waals surface area contributed by atoms with Gasteiger partial charge in [0.2, 0.25) is 0 Å². The molecule has 2 aliphatic rings. The standard InChI is InChI=1S/C17H28O2/c1-3-4-5-8-16(2,19)10-11-17-9-6-7-14(17)12-15(18)13-17/h6,9-11,14-15,18-19H,3-5,7-8,12-13H2,1-2H3/b11-10+/t14?,15?,16-,17?/m1/s1. The lowest BCUT2D eigenvalue weighted by Crippen LogP contribution is -2.23. The van der Waals surface area contributed by atoms with Crippen LogP contribution in [0, 0.1) is 11.3 Å². The zero-order chi connectivity index (χ0) is 13.9. The van der Waals surface area contributed by atoms with Gasteiger partial charge in [-0.1, -0.05) is 50.5 Å². The first-order valence-electron chi connectivity index (χ1n) is 7.76. The van der Waals surface area contributed by atoms with E-state index < -0.39 is 5.60 Å². The van der Waals surface area contributed by atoms with Gasteiger partial charge in [0.25, 0.3) is 0 Å². The third-order valence-corrected chi connectivity index (χ3v) is 4.79. The molecule has 0 radical (unpaired) electrons. The summed E-state index contributed by atoms with van der Waals surface area (Å²) in [4.78, 5) is 0. The first-order valence-corrected chi connectivity index (χ1v) is 7.76. The minimum Gasteiger partial charge on any atom is -0.393 e. The molecule has 0 aliphatic heterocycles. The third kappa shape index (κ3) is 3.49. The summed E-state index contributed by atoms with van der Waals surface area (Å²) in [5.74, 6) is 0.533. The molecule has 108 valence electrons. The number of allylic oxidation sites excluding steroid dienone is 3. The maximum Gasteiger partial charge on any atom is 0.0800 e. The summed E-state index contributed by atoms with van der Waals surface area (Å²) in [6.45, 7) is 4.08. The number of hydrogen-bond acceptors (Lipinski definition) is 2. The van der Waals surface area contributed by atoms with Crippen molar-refractivity contribution in [3.8, 4) is 0 Å². The molecule has 2 N–H and O–H groups in total. The molecule has 4 atom stereocenters. The van der Waals surface area contributed by atoms with Crippen LogP contribution < -0.4 is 0 Å². The van der Waals surface area contributed by atoms with Crippen molar-refractivity contribution < 1.29 is 10.2 Å². The second kappa shape index (κ2) is 5.80. The Kier molecular flexibility index (Phi) is 4.52. The van der Waals surface area contributed by atoms with Crippen molar-refractivity contribution in [2.45, 2.75) is 70.5 Å². The molecule has 0 aromatic rings. The van der Waals surface area contributed by atoms with Crippen molar-refractivity contribution in [2.75, 3.05) is 0 Å². The van der Waals surface area contributed by atoms with Crippen molar-refractivity contribution in [1.29, 1.82) is 0 Å². The van der Waals surface area contributed by atoms with Crippen molar-refractivity contribution >= 4 is 0 Å². The lowest BCUT2D eigenvalue weighted by molar-refractivity contribution is 0.0971. The average Bonchev–Trinajstić information content (AvgIpc) is 2.83. The minimum absolute atomic E-state index is 0.00810. The molecule has 2 nitrogen and oxygen atoms in total. The molecule has 0 aromatic heterocycles. The third-order valence-electron chi connectivity index (χ3n) is 4.79. The van der Waals surface area contributed by atoms with Crippen LogP contribution in [-0.2, 0) is 0 Å². The highest BCUT2D eigenvalue weighted by molar-refractivity contribution is 5.24. The van der Waals surface area contributed by atoms with Gasteiger partial charge in [-0.2, -0.15) is 0 Å². The number of aliphatic hydroxyl groups is 2. The molecular formula is C17H28O2. The van der Waals surface area contributed by atoms with Gasteiger partial charge in [-0.15, -0.1) is 0 Å². The molecular weight excluding hydrogens is 236 g/mol. The predicted molar refractivity (Wildman–Crippen MR) is 78.8 cm³/mol. The van der Waals surface area contributed by atoms with E-state index in [1.165, 1.54) is 12.8 Å². The molecule has 0 saturated heterocycles. The average molecular weight is 264 g/mol. The Morgan fingerprint density at radius 2 is 2.21 bits per heavy atom. The molecule has 19 heavy (non-hydrogen) atoms. The van der Waals surface area contributed by atoms with Gasteiger partial charge in [0.05, 0.1) is 11.7 Å². The van der Waals surface area contributed by atoms with Crippen LogP contribution in [0.2, 0.25) is 0 Å². The maximum absolute atomic E-state index is 10.4. The zero-order valence-corrected chi connectivity index (χ0v) is 12.3. The second-order valence-corrected chi connectivity index (χ2v) is 6.69. The first-order chi connectivity index (χ1) is 8.97. The Bertz CT molecular complexity index is 356. The van der Waals surface area contributed by atoms with Crippen LogP contribution in [-0.4, -0.2) is 21.9 Å². The van der Waals surface area contributed by atoms with Crippen LogP contribution in [0.4, 0.5) is 0 Å². The van der Waals surface area contributed by atoms with Gasteiger partial charge in [-0.05, 0) is 38.5 Å². The van der Waals surface area contributed by atoms with Gasteiger partial charge < -0.3 is 10.2 Å². The summed E-state index contributed by atoms with van der Waals surface area (Å²) in [6, 6.07) is 0. The number of aliphatic hydroxyl groups excluding tert-OH is 1. The summed E-state index contributed by atoms with van der Waals surface area (Å²) < 4.78 is 0. The highest BCUT2D eigenvalue weighted by Gasteiger charge is 2.45. The van der Waals surface area contributed by atoms with E-state index in [0.29, 0.717) is 5.92 Å². The summed E-state index contributed by atoms with van der Waals surface area (Å²) in [6.07, 6.45) is 15.5. The van der Waals surface area contributed by atoms with Gasteiger partial charge in [0.15, 0.2) is 0 Å². The van der Waals surface area contributed by atoms with Crippen molar-refractivity contribution in [3.05, 3.63) is 24.3 Å². The topological polar surface area (TPSA) is 40.5 Å². The van der Waals surface area contributed by atoms with Gasteiger partial charge in [0.1, 0.15) is 0 Å². The van der Waals surface area contributed by atoms with Gasteiger partial charge in [0, 0.05) is 5.41 Å². The normalized spacial score (nSPS) is 36.8. The molecule has 0 spiro atoms. The fourth-order valence-corrected chi connectivity index (χ4v) is 3.59. The Labute approximate surface area is 117 Å². The Balaban J connectivity index is 1.99. The highest BCUT2D eigenvalue weighted by Crippen LogP contribution is 2.51. The monoisotopic (exact) mass is 264 g/mol. The van der Waals surface area contributed by atoms with E-state index in [2.05, 4.69) is 25.2 Å². The molecule has 2 aliphatic carbocycles. The maximum atomic E-state index is 10.4. The Morgan fingerprint density at radius 3 is 2.95 bits per heavy atom. The summed E-state index contributed by atoms with van der Waals surface area (Å²) in [5, 5.41) is 20.3. The van der Waals surface area contributed by atoms with E-state index in [-0.39, 0.29) is 11.5 Å². The second-order valence-electron chi connectivity index (χ2n) is 6.69. The van der Waals surface area contributed by atoms with E-state index in [9.17, 15) is 10.2 Å². The molecule has 0 heterocycles. The van der Waals surface area contributed by atoms with Gasteiger partial charge in [-0.3, -0.25) is 0 Å². The minimum atomic E-state index is -0.710. The quantitative estimate of drug-likeness (QED) is 0.568. The van der Waals surface area contributed by atoms with Gasteiger partial charge >= 0.3 is 0 Å². The molecule has 0 bridgehead atoms. The number of fused-ring (bicyclic) bond motifs is 1. The van der Waals surface area contributed by atoms with Crippen molar-refractivity contribution in [3.63, 3.8) is 0 Å². The SMILES string of the molecule is CCCCC[C@@](C)(O)/C=C/C12C=CCC1CC(O)C2. The fraction of sp³-hybridized carbons (Fsp3) is 0.765. The molecule has 1 fully saturated rings. The molecule has 0 amide bonds. The Morgan fingerprint density at radius 1 is 1.42 bits per heavy atom. The first kappa shape index (κ1) is 14.8. The number of hydrogen-bond donors (Lipinski definition) is 2. The van der Waals surface area contributed by atoms with E-state index in [4.69, 9.17) is 0 Å². The van der Waals surface area contributed by atoms with Crippen LogP contribution in [0.5, 0.6) is 0 Å². The predicted octanol–water partition coefficient (Wildman–Crippen LogP) is 3.59. The summed E-state index contributed by atoms with van der Waals surface area (Å²) in [7, 11) is 0. The van der Waals surface area contributed by atoms with E-state index in [1.807, 2.05) is 13.0 Å². The van der Waals surface area contributed by atoms with E-state index in [0.717, 1.165) is 32.1 Å². The smallest absolute Gasteiger partial charge is 0.0800 e. The lowest BCUT2D eigenvalue weighted by atomic mass is 9.79.